The van der Waals surface area contributed by atoms with Crippen molar-refractivity contribution in [1.82, 2.24) is 4.90 Å². The van der Waals surface area contributed by atoms with Crippen LogP contribution < -0.4 is 10.2 Å². The molecule has 0 saturated carbocycles. The third-order valence-corrected chi connectivity index (χ3v) is 5.41. The highest BCUT2D eigenvalue weighted by atomic mass is 16.2. The van der Waals surface area contributed by atoms with Crippen LogP contribution in [0.5, 0.6) is 0 Å². The van der Waals surface area contributed by atoms with Crippen LogP contribution in [0.1, 0.15) is 35.2 Å². The number of hydrogen-bond donors (Lipinski definition) is 1. The number of carbonyl (C=O) groups excluding carboxylic acids is 2. The van der Waals surface area contributed by atoms with Crippen molar-refractivity contribution in [2.45, 2.75) is 25.7 Å². The van der Waals surface area contributed by atoms with Gasteiger partial charge in [-0.3, -0.25) is 9.59 Å². The molecular weight excluding hydrogens is 338 g/mol. The first kappa shape index (κ1) is 17.6. The highest BCUT2D eigenvalue weighted by Gasteiger charge is 2.23. The second-order valence-electron chi connectivity index (χ2n) is 7.21. The van der Waals surface area contributed by atoms with E-state index in [2.05, 4.69) is 11.4 Å². The molecule has 0 bridgehead atoms. The van der Waals surface area contributed by atoms with Gasteiger partial charge >= 0.3 is 0 Å². The SMILES string of the molecule is O=C(c1ccc(NCC(=O)N2CCc3ccccc32)cc1)N1CCCCC1. The Hall–Kier alpha value is -2.82. The number of carbonyl (C=O) groups is 2. The molecule has 0 aliphatic carbocycles. The molecule has 0 radical (unpaired) electrons. The Morgan fingerprint density at radius 2 is 1.63 bits per heavy atom. The van der Waals surface area contributed by atoms with Gasteiger partial charge in [0.1, 0.15) is 0 Å². The summed E-state index contributed by atoms with van der Waals surface area (Å²) < 4.78 is 0. The zero-order chi connectivity index (χ0) is 18.6. The first-order valence-corrected chi connectivity index (χ1v) is 9.74. The Morgan fingerprint density at radius 3 is 2.41 bits per heavy atom. The molecule has 2 amide bonds. The number of nitrogens with zero attached hydrogens (tertiary/aromatic N) is 2. The maximum atomic E-state index is 12.6. The highest BCUT2D eigenvalue weighted by molar-refractivity contribution is 5.98. The summed E-state index contributed by atoms with van der Waals surface area (Å²) in [5.74, 6) is 0.166. The Balaban J connectivity index is 1.34. The van der Waals surface area contributed by atoms with Gasteiger partial charge in [-0.25, -0.2) is 0 Å². The summed E-state index contributed by atoms with van der Waals surface area (Å²) in [6.45, 7) is 2.69. The molecule has 1 fully saturated rings. The fraction of sp³-hybridized carbons (Fsp3) is 0.364. The van der Waals surface area contributed by atoms with E-state index >= 15 is 0 Å². The third-order valence-electron chi connectivity index (χ3n) is 5.41. The Morgan fingerprint density at radius 1 is 0.889 bits per heavy atom. The maximum absolute atomic E-state index is 12.6. The van der Waals surface area contributed by atoms with Gasteiger partial charge in [-0.15, -0.1) is 0 Å². The van der Waals surface area contributed by atoms with Gasteiger partial charge in [-0.1, -0.05) is 18.2 Å². The molecule has 0 spiro atoms. The number of benzene rings is 2. The number of likely N-dealkylation sites (tertiary alicyclic amines) is 1. The number of anilines is 2. The Kier molecular flexibility index (Phi) is 5.10. The van der Waals surface area contributed by atoms with Crippen molar-refractivity contribution >= 4 is 23.2 Å². The van der Waals surface area contributed by atoms with E-state index in [1.807, 2.05) is 52.3 Å². The maximum Gasteiger partial charge on any atom is 0.253 e. The molecule has 1 N–H and O–H groups in total. The number of rotatable bonds is 4. The first-order chi connectivity index (χ1) is 13.2. The number of hydrogen-bond acceptors (Lipinski definition) is 3. The van der Waals surface area contributed by atoms with E-state index in [1.54, 1.807) is 0 Å². The van der Waals surface area contributed by atoms with Crippen molar-refractivity contribution in [3.63, 3.8) is 0 Å². The van der Waals surface area contributed by atoms with Crippen molar-refractivity contribution in [3.05, 3.63) is 59.7 Å². The number of piperidine rings is 1. The van der Waals surface area contributed by atoms with Crippen LogP contribution in [0.15, 0.2) is 48.5 Å². The lowest BCUT2D eigenvalue weighted by Gasteiger charge is -2.26. The lowest BCUT2D eigenvalue weighted by Crippen LogP contribution is -2.35. The topological polar surface area (TPSA) is 52.7 Å². The van der Waals surface area contributed by atoms with E-state index in [0.717, 1.165) is 50.3 Å². The summed E-state index contributed by atoms with van der Waals surface area (Å²) in [5.41, 5.74) is 3.81. The van der Waals surface area contributed by atoms with Gasteiger partial charge in [-0.2, -0.15) is 0 Å². The second-order valence-corrected chi connectivity index (χ2v) is 7.21. The molecule has 0 aromatic heterocycles. The average molecular weight is 363 g/mol. The van der Waals surface area contributed by atoms with Crippen LogP contribution in [0.2, 0.25) is 0 Å². The van der Waals surface area contributed by atoms with Crippen molar-refractivity contribution < 1.29 is 9.59 Å². The molecule has 5 heteroatoms. The van der Waals surface area contributed by atoms with Crippen LogP contribution in [-0.4, -0.2) is 42.9 Å². The molecule has 1 saturated heterocycles. The smallest absolute Gasteiger partial charge is 0.253 e. The Labute approximate surface area is 160 Å². The summed E-state index contributed by atoms with van der Waals surface area (Å²) in [5, 5.41) is 3.18. The summed E-state index contributed by atoms with van der Waals surface area (Å²) in [6.07, 6.45) is 4.30. The minimum absolute atomic E-state index is 0.0634. The van der Waals surface area contributed by atoms with E-state index in [1.165, 1.54) is 12.0 Å². The fourth-order valence-corrected chi connectivity index (χ4v) is 3.88. The zero-order valence-corrected chi connectivity index (χ0v) is 15.5. The van der Waals surface area contributed by atoms with Gasteiger partial charge in [-0.05, 0) is 61.6 Å². The molecule has 140 valence electrons. The zero-order valence-electron chi connectivity index (χ0n) is 15.5. The quantitative estimate of drug-likeness (QED) is 0.907. The molecule has 2 aromatic carbocycles. The normalized spacial score (nSPS) is 16.1. The van der Waals surface area contributed by atoms with Gasteiger partial charge < -0.3 is 15.1 Å². The molecule has 0 unspecified atom stereocenters. The molecule has 4 rings (SSSR count). The molecule has 5 nitrogen and oxygen atoms in total. The van der Waals surface area contributed by atoms with E-state index < -0.39 is 0 Å². The summed E-state index contributed by atoms with van der Waals surface area (Å²) in [6, 6.07) is 15.5. The molecule has 27 heavy (non-hydrogen) atoms. The number of para-hydroxylation sites is 1. The lowest BCUT2D eigenvalue weighted by atomic mass is 10.1. The minimum Gasteiger partial charge on any atom is -0.376 e. The fourth-order valence-electron chi connectivity index (χ4n) is 3.88. The lowest BCUT2D eigenvalue weighted by molar-refractivity contribution is -0.116. The second kappa shape index (κ2) is 7.82. The Bertz CT molecular complexity index is 826. The van der Waals surface area contributed by atoms with E-state index in [9.17, 15) is 9.59 Å². The van der Waals surface area contributed by atoms with Crippen LogP contribution >= 0.6 is 0 Å². The minimum atomic E-state index is 0.0634. The van der Waals surface area contributed by atoms with Gasteiger partial charge in [0.2, 0.25) is 5.91 Å². The standard InChI is InChI=1S/C22H25N3O2/c26-21(25-15-12-17-6-2-3-7-20(17)25)16-23-19-10-8-18(9-11-19)22(27)24-13-4-1-5-14-24/h2-3,6-11,23H,1,4-5,12-16H2. The number of fused-ring (bicyclic) bond motifs is 1. The first-order valence-electron chi connectivity index (χ1n) is 9.74. The summed E-state index contributed by atoms with van der Waals surface area (Å²) in [7, 11) is 0. The van der Waals surface area contributed by atoms with Crippen LogP contribution in [-0.2, 0) is 11.2 Å². The van der Waals surface area contributed by atoms with Gasteiger partial charge in [0.05, 0.1) is 6.54 Å². The average Bonchev–Trinajstić information content (AvgIpc) is 3.17. The number of nitrogens with one attached hydrogen (secondary N) is 1. The summed E-state index contributed by atoms with van der Waals surface area (Å²) in [4.78, 5) is 28.9. The predicted molar refractivity (Wildman–Crippen MR) is 107 cm³/mol. The third kappa shape index (κ3) is 3.82. The van der Waals surface area contributed by atoms with Gasteiger partial charge in [0, 0.05) is 36.6 Å². The van der Waals surface area contributed by atoms with Crippen LogP contribution in [0, 0.1) is 0 Å². The monoisotopic (exact) mass is 363 g/mol. The van der Waals surface area contributed by atoms with Crippen LogP contribution in [0.4, 0.5) is 11.4 Å². The molecular formula is C22H25N3O2. The number of amides is 2. The van der Waals surface area contributed by atoms with Gasteiger partial charge in [0.25, 0.3) is 5.91 Å². The predicted octanol–water partition coefficient (Wildman–Crippen LogP) is 3.31. The molecule has 0 atom stereocenters. The van der Waals surface area contributed by atoms with Gasteiger partial charge in [0.15, 0.2) is 0 Å². The largest absolute Gasteiger partial charge is 0.376 e. The van der Waals surface area contributed by atoms with E-state index in [0.29, 0.717) is 5.56 Å². The molecule has 2 aromatic rings. The van der Waals surface area contributed by atoms with Crippen LogP contribution in [0.25, 0.3) is 0 Å². The van der Waals surface area contributed by atoms with Crippen molar-refractivity contribution in [2.75, 3.05) is 36.4 Å². The van der Waals surface area contributed by atoms with Crippen molar-refractivity contribution in [2.24, 2.45) is 0 Å². The summed E-state index contributed by atoms with van der Waals surface area (Å²) >= 11 is 0. The van der Waals surface area contributed by atoms with E-state index in [-0.39, 0.29) is 18.4 Å². The molecule has 2 heterocycles. The van der Waals surface area contributed by atoms with Crippen molar-refractivity contribution in [1.29, 1.82) is 0 Å². The molecule has 2 aliphatic heterocycles. The van der Waals surface area contributed by atoms with E-state index in [4.69, 9.17) is 0 Å². The molecule has 2 aliphatic rings. The van der Waals surface area contributed by atoms with Crippen molar-refractivity contribution in [3.8, 4) is 0 Å². The highest BCUT2D eigenvalue weighted by Crippen LogP contribution is 2.27. The van der Waals surface area contributed by atoms with Crippen LogP contribution in [0.3, 0.4) is 0 Å².